The van der Waals surface area contributed by atoms with E-state index in [4.69, 9.17) is 4.74 Å². The first-order chi connectivity index (χ1) is 10.6. The molecule has 0 unspecified atom stereocenters. The second-order valence-electron chi connectivity index (χ2n) is 5.99. The van der Waals surface area contributed by atoms with Crippen LogP contribution in [-0.4, -0.2) is 48.4 Å². The van der Waals surface area contributed by atoms with Crippen molar-refractivity contribution < 1.29 is 14.6 Å². The lowest BCUT2D eigenvalue weighted by molar-refractivity contribution is 0.160. The normalized spacial score (nSPS) is 19.0. The van der Waals surface area contributed by atoms with E-state index in [0.29, 0.717) is 25.6 Å². The van der Waals surface area contributed by atoms with E-state index in [9.17, 15) is 9.90 Å². The zero-order valence-electron chi connectivity index (χ0n) is 13.4. The van der Waals surface area contributed by atoms with Gasteiger partial charge in [-0.1, -0.05) is 29.8 Å². The average molecular weight is 306 g/mol. The number of nitrogens with zero attached hydrogens (tertiary/aromatic N) is 1. The minimum atomic E-state index is -0.131. The summed E-state index contributed by atoms with van der Waals surface area (Å²) in [4.78, 5) is 14.1. The van der Waals surface area contributed by atoms with E-state index in [-0.39, 0.29) is 18.7 Å². The van der Waals surface area contributed by atoms with Gasteiger partial charge >= 0.3 is 6.03 Å². The number of rotatable bonds is 6. The summed E-state index contributed by atoms with van der Waals surface area (Å²) in [5.41, 5.74) is 2.25. The Morgan fingerprint density at radius 3 is 2.77 bits per heavy atom. The summed E-state index contributed by atoms with van der Waals surface area (Å²) in [7, 11) is 0. The van der Waals surface area contributed by atoms with Crippen molar-refractivity contribution in [3.8, 4) is 0 Å². The van der Waals surface area contributed by atoms with E-state index in [2.05, 4.69) is 5.32 Å². The number of carbonyl (C=O) groups excluding carboxylic acids is 1. The van der Waals surface area contributed by atoms with Crippen LogP contribution < -0.4 is 5.32 Å². The van der Waals surface area contributed by atoms with Crippen molar-refractivity contribution in [2.24, 2.45) is 5.92 Å². The summed E-state index contributed by atoms with van der Waals surface area (Å²) in [6.45, 7) is 6.32. The lowest BCUT2D eigenvalue weighted by Crippen LogP contribution is -2.47. The molecule has 1 saturated heterocycles. The number of carbonyl (C=O) groups is 1. The summed E-state index contributed by atoms with van der Waals surface area (Å²) in [5, 5.41) is 12.2. The molecule has 2 rings (SSSR count). The molecule has 0 aromatic heterocycles. The Bertz CT molecular complexity index is 469. The van der Waals surface area contributed by atoms with Crippen LogP contribution in [0.1, 0.15) is 24.5 Å². The summed E-state index contributed by atoms with van der Waals surface area (Å²) in [6, 6.07) is 8.04. The molecule has 5 heteroatoms. The van der Waals surface area contributed by atoms with Crippen LogP contribution in [0.4, 0.5) is 4.79 Å². The maximum Gasteiger partial charge on any atom is 0.317 e. The number of aliphatic hydroxyl groups is 1. The first kappa shape index (κ1) is 16.8. The summed E-state index contributed by atoms with van der Waals surface area (Å²) in [5.74, 6) is 0.374. The molecular formula is C17H26N2O3. The standard InChI is InChI=1S/C17H26N2O3/c1-13-3-5-15(6-4-13)11-19(8-9-20)17(21)18-14(2)16-7-10-22-12-16/h3-6,14,16,20H,7-12H2,1-2H3,(H,18,21)/t14-,16-/m1/s1. The minimum absolute atomic E-state index is 0.0415. The van der Waals surface area contributed by atoms with Gasteiger partial charge in [-0.3, -0.25) is 0 Å². The lowest BCUT2D eigenvalue weighted by atomic mass is 10.0. The zero-order valence-corrected chi connectivity index (χ0v) is 13.4. The maximum atomic E-state index is 12.4. The molecule has 122 valence electrons. The number of hydrogen-bond acceptors (Lipinski definition) is 3. The molecule has 0 aliphatic carbocycles. The fourth-order valence-electron chi connectivity index (χ4n) is 2.64. The van der Waals surface area contributed by atoms with Gasteiger partial charge in [0.1, 0.15) is 0 Å². The number of nitrogens with one attached hydrogen (secondary N) is 1. The van der Waals surface area contributed by atoms with Crippen molar-refractivity contribution in [1.82, 2.24) is 10.2 Å². The van der Waals surface area contributed by atoms with E-state index >= 15 is 0 Å². The summed E-state index contributed by atoms with van der Waals surface area (Å²) >= 11 is 0. The molecule has 2 N–H and O–H groups in total. The number of urea groups is 1. The molecule has 1 heterocycles. The van der Waals surface area contributed by atoms with Gasteiger partial charge in [-0.2, -0.15) is 0 Å². The van der Waals surface area contributed by atoms with Crippen LogP contribution in [0, 0.1) is 12.8 Å². The summed E-state index contributed by atoms with van der Waals surface area (Å²) in [6.07, 6.45) is 0.986. The van der Waals surface area contributed by atoms with E-state index in [1.54, 1.807) is 4.90 Å². The summed E-state index contributed by atoms with van der Waals surface area (Å²) < 4.78 is 5.37. The predicted octanol–water partition coefficient (Wildman–Crippen LogP) is 1.92. The van der Waals surface area contributed by atoms with Crippen LogP contribution in [0.2, 0.25) is 0 Å². The highest BCUT2D eigenvalue weighted by molar-refractivity contribution is 5.74. The topological polar surface area (TPSA) is 61.8 Å². The van der Waals surface area contributed by atoms with Crippen molar-refractivity contribution >= 4 is 6.03 Å². The Balaban J connectivity index is 1.93. The highest BCUT2D eigenvalue weighted by atomic mass is 16.5. The minimum Gasteiger partial charge on any atom is -0.395 e. The number of benzene rings is 1. The Kier molecular flexibility index (Phi) is 6.21. The number of aliphatic hydroxyl groups excluding tert-OH is 1. The van der Waals surface area contributed by atoms with Gasteiger partial charge in [0.05, 0.1) is 13.2 Å². The van der Waals surface area contributed by atoms with Crippen LogP contribution >= 0.6 is 0 Å². The third-order valence-corrected chi connectivity index (χ3v) is 4.17. The van der Waals surface area contributed by atoms with Gasteiger partial charge in [-0.15, -0.1) is 0 Å². The Hall–Kier alpha value is -1.59. The molecule has 22 heavy (non-hydrogen) atoms. The first-order valence-electron chi connectivity index (χ1n) is 7.89. The van der Waals surface area contributed by atoms with Gasteiger partial charge in [0, 0.05) is 31.7 Å². The SMILES string of the molecule is Cc1ccc(CN(CCO)C(=O)N[C@H](C)[C@@H]2CCOC2)cc1. The average Bonchev–Trinajstić information content (AvgIpc) is 3.03. The monoisotopic (exact) mass is 306 g/mol. The molecule has 1 aliphatic rings. The number of ether oxygens (including phenoxy) is 1. The van der Waals surface area contributed by atoms with Crippen molar-refractivity contribution in [2.75, 3.05) is 26.4 Å². The Morgan fingerprint density at radius 1 is 1.45 bits per heavy atom. The highest BCUT2D eigenvalue weighted by Crippen LogP contribution is 2.17. The molecule has 1 fully saturated rings. The predicted molar refractivity (Wildman–Crippen MR) is 85.6 cm³/mol. The quantitative estimate of drug-likeness (QED) is 0.844. The lowest BCUT2D eigenvalue weighted by Gasteiger charge is -2.26. The first-order valence-corrected chi connectivity index (χ1v) is 7.89. The van der Waals surface area contributed by atoms with Crippen molar-refractivity contribution in [1.29, 1.82) is 0 Å². The Morgan fingerprint density at radius 2 is 2.18 bits per heavy atom. The molecule has 5 nitrogen and oxygen atoms in total. The zero-order chi connectivity index (χ0) is 15.9. The van der Waals surface area contributed by atoms with Crippen LogP contribution in [-0.2, 0) is 11.3 Å². The van der Waals surface area contributed by atoms with Crippen LogP contribution in [0.15, 0.2) is 24.3 Å². The number of hydrogen-bond donors (Lipinski definition) is 2. The Labute approximate surface area is 132 Å². The highest BCUT2D eigenvalue weighted by Gasteiger charge is 2.25. The molecular weight excluding hydrogens is 280 g/mol. The van der Waals surface area contributed by atoms with E-state index < -0.39 is 0 Å². The van der Waals surface area contributed by atoms with E-state index in [1.807, 2.05) is 38.1 Å². The van der Waals surface area contributed by atoms with E-state index in [1.165, 1.54) is 5.56 Å². The van der Waals surface area contributed by atoms with Crippen LogP contribution in [0.5, 0.6) is 0 Å². The number of amides is 2. The fourth-order valence-corrected chi connectivity index (χ4v) is 2.64. The second-order valence-corrected chi connectivity index (χ2v) is 5.99. The largest absolute Gasteiger partial charge is 0.395 e. The van der Waals surface area contributed by atoms with Gasteiger partial charge in [-0.25, -0.2) is 4.79 Å². The van der Waals surface area contributed by atoms with Gasteiger partial charge in [-0.05, 0) is 25.8 Å². The molecule has 0 saturated carbocycles. The molecule has 0 spiro atoms. The third kappa shape index (κ3) is 4.71. The van der Waals surface area contributed by atoms with Crippen molar-refractivity contribution in [3.63, 3.8) is 0 Å². The molecule has 1 aromatic carbocycles. The van der Waals surface area contributed by atoms with Gasteiger partial charge in [0.15, 0.2) is 0 Å². The molecule has 1 aliphatic heterocycles. The van der Waals surface area contributed by atoms with Crippen molar-refractivity contribution in [2.45, 2.75) is 32.9 Å². The maximum absolute atomic E-state index is 12.4. The molecule has 1 aromatic rings. The number of aryl methyl sites for hydroxylation is 1. The van der Waals surface area contributed by atoms with E-state index in [0.717, 1.165) is 18.6 Å². The fraction of sp³-hybridized carbons (Fsp3) is 0.588. The van der Waals surface area contributed by atoms with Crippen LogP contribution in [0.25, 0.3) is 0 Å². The van der Waals surface area contributed by atoms with Crippen LogP contribution in [0.3, 0.4) is 0 Å². The molecule has 2 atom stereocenters. The van der Waals surface area contributed by atoms with Crippen molar-refractivity contribution in [3.05, 3.63) is 35.4 Å². The van der Waals surface area contributed by atoms with Gasteiger partial charge in [0.25, 0.3) is 0 Å². The molecule has 0 radical (unpaired) electrons. The smallest absolute Gasteiger partial charge is 0.317 e. The third-order valence-electron chi connectivity index (χ3n) is 4.17. The second kappa shape index (κ2) is 8.15. The van der Waals surface area contributed by atoms with Gasteiger partial charge < -0.3 is 20.1 Å². The molecule has 2 amide bonds. The van der Waals surface area contributed by atoms with Gasteiger partial charge in [0.2, 0.25) is 0 Å². The molecule has 0 bridgehead atoms.